The fourth-order valence-corrected chi connectivity index (χ4v) is 1.67. The number of halogens is 1. The van der Waals surface area contributed by atoms with Gasteiger partial charge in [0, 0.05) is 18.8 Å². The third-order valence-corrected chi connectivity index (χ3v) is 2.75. The first-order chi connectivity index (χ1) is 8.74. The summed E-state index contributed by atoms with van der Waals surface area (Å²) in [5, 5.41) is 0.532. The Morgan fingerprint density at radius 2 is 2.00 bits per heavy atom. The molecule has 1 aromatic heterocycles. The number of pyridine rings is 1. The molecule has 94 valence electrons. The number of rotatable bonds is 4. The van der Waals surface area contributed by atoms with Crippen LogP contribution in [0.2, 0.25) is 5.02 Å². The minimum atomic E-state index is 0.337. The van der Waals surface area contributed by atoms with E-state index in [1.165, 1.54) is 6.20 Å². The molecule has 0 aliphatic heterocycles. The lowest BCUT2D eigenvalue weighted by Crippen LogP contribution is -1.99. The average Bonchev–Trinajstić information content (AvgIpc) is 2.41. The van der Waals surface area contributed by atoms with Crippen LogP contribution in [0.3, 0.4) is 0 Å². The van der Waals surface area contributed by atoms with Crippen LogP contribution >= 0.6 is 11.6 Å². The SMILES string of the molecule is COc1ccccc1Oc1cc(CN)c(Cl)cn1. The Bertz CT molecular complexity index is 546. The number of aromatic nitrogens is 1. The van der Waals surface area contributed by atoms with E-state index in [2.05, 4.69) is 4.98 Å². The zero-order valence-electron chi connectivity index (χ0n) is 9.89. The Labute approximate surface area is 110 Å². The normalized spacial score (nSPS) is 10.2. The molecule has 0 aliphatic carbocycles. The van der Waals surface area contributed by atoms with Gasteiger partial charge in [-0.25, -0.2) is 4.98 Å². The summed E-state index contributed by atoms with van der Waals surface area (Å²) in [6.07, 6.45) is 1.52. The number of benzene rings is 1. The number of hydrogen-bond donors (Lipinski definition) is 1. The Morgan fingerprint density at radius 3 is 2.67 bits per heavy atom. The van der Waals surface area contributed by atoms with Gasteiger partial charge in [0.25, 0.3) is 0 Å². The summed E-state index contributed by atoms with van der Waals surface area (Å²) in [6.45, 7) is 0.337. The van der Waals surface area contributed by atoms with Gasteiger partial charge in [0.1, 0.15) is 0 Å². The summed E-state index contributed by atoms with van der Waals surface area (Å²) >= 11 is 5.94. The van der Waals surface area contributed by atoms with E-state index in [0.29, 0.717) is 28.9 Å². The van der Waals surface area contributed by atoms with Gasteiger partial charge in [-0.05, 0) is 17.7 Å². The smallest absolute Gasteiger partial charge is 0.219 e. The maximum absolute atomic E-state index is 5.94. The van der Waals surface area contributed by atoms with Crippen molar-refractivity contribution >= 4 is 11.6 Å². The number of nitrogens with zero attached hydrogens (tertiary/aromatic N) is 1. The molecule has 0 spiro atoms. The molecule has 5 heteroatoms. The molecule has 1 aromatic carbocycles. The van der Waals surface area contributed by atoms with Crippen LogP contribution in [0.1, 0.15) is 5.56 Å². The molecular weight excluding hydrogens is 252 g/mol. The van der Waals surface area contributed by atoms with Gasteiger partial charge in [-0.15, -0.1) is 0 Å². The quantitative estimate of drug-likeness (QED) is 0.922. The van der Waals surface area contributed by atoms with E-state index >= 15 is 0 Å². The number of para-hydroxylation sites is 2. The molecule has 0 saturated carbocycles. The van der Waals surface area contributed by atoms with Crippen LogP contribution in [0.5, 0.6) is 17.4 Å². The lowest BCUT2D eigenvalue weighted by molar-refractivity contribution is 0.374. The van der Waals surface area contributed by atoms with E-state index in [1.807, 2.05) is 18.2 Å². The van der Waals surface area contributed by atoms with Gasteiger partial charge in [-0.1, -0.05) is 23.7 Å². The van der Waals surface area contributed by atoms with Crippen molar-refractivity contribution in [1.29, 1.82) is 0 Å². The average molecular weight is 265 g/mol. The third kappa shape index (κ3) is 2.72. The second-order valence-corrected chi connectivity index (χ2v) is 3.98. The molecule has 0 fully saturated rings. The zero-order chi connectivity index (χ0) is 13.0. The highest BCUT2D eigenvalue weighted by molar-refractivity contribution is 6.31. The maximum Gasteiger partial charge on any atom is 0.219 e. The van der Waals surface area contributed by atoms with Crippen LogP contribution < -0.4 is 15.2 Å². The molecular formula is C13H13ClN2O2. The minimum absolute atomic E-state index is 0.337. The molecule has 0 bridgehead atoms. The van der Waals surface area contributed by atoms with E-state index in [-0.39, 0.29) is 0 Å². The number of ether oxygens (including phenoxy) is 2. The van der Waals surface area contributed by atoms with E-state index < -0.39 is 0 Å². The van der Waals surface area contributed by atoms with E-state index in [4.69, 9.17) is 26.8 Å². The van der Waals surface area contributed by atoms with Crippen molar-refractivity contribution in [2.45, 2.75) is 6.54 Å². The highest BCUT2D eigenvalue weighted by atomic mass is 35.5. The predicted molar refractivity (Wildman–Crippen MR) is 70.2 cm³/mol. The molecule has 2 N–H and O–H groups in total. The minimum Gasteiger partial charge on any atom is -0.493 e. The topological polar surface area (TPSA) is 57.4 Å². The molecule has 0 radical (unpaired) electrons. The van der Waals surface area contributed by atoms with Crippen LogP contribution in [0, 0.1) is 0 Å². The fourth-order valence-electron chi connectivity index (χ4n) is 1.49. The summed E-state index contributed by atoms with van der Waals surface area (Å²) in [5.74, 6) is 1.67. The van der Waals surface area contributed by atoms with E-state index in [9.17, 15) is 0 Å². The molecule has 0 unspecified atom stereocenters. The van der Waals surface area contributed by atoms with Crippen LogP contribution in [0.15, 0.2) is 36.5 Å². The summed E-state index contributed by atoms with van der Waals surface area (Å²) in [5.41, 5.74) is 6.37. The van der Waals surface area contributed by atoms with Crippen LogP contribution in [0.25, 0.3) is 0 Å². The molecule has 2 aromatic rings. The van der Waals surface area contributed by atoms with Gasteiger partial charge in [0.15, 0.2) is 11.5 Å². The summed E-state index contributed by atoms with van der Waals surface area (Å²) in [6, 6.07) is 9.06. The second-order valence-electron chi connectivity index (χ2n) is 3.57. The van der Waals surface area contributed by atoms with Crippen molar-refractivity contribution in [3.63, 3.8) is 0 Å². The molecule has 0 amide bonds. The Morgan fingerprint density at radius 1 is 1.28 bits per heavy atom. The van der Waals surface area contributed by atoms with Crippen molar-refractivity contribution in [1.82, 2.24) is 4.98 Å². The summed E-state index contributed by atoms with van der Waals surface area (Å²) < 4.78 is 10.8. The lowest BCUT2D eigenvalue weighted by atomic mass is 10.2. The molecule has 0 aliphatic rings. The van der Waals surface area contributed by atoms with Crippen LogP contribution in [-0.4, -0.2) is 12.1 Å². The summed E-state index contributed by atoms with van der Waals surface area (Å²) in [4.78, 5) is 4.09. The molecule has 4 nitrogen and oxygen atoms in total. The number of methoxy groups -OCH3 is 1. The second kappa shape index (κ2) is 5.71. The molecule has 0 atom stereocenters. The summed E-state index contributed by atoms with van der Waals surface area (Å²) in [7, 11) is 1.59. The first-order valence-corrected chi connectivity index (χ1v) is 5.77. The Hall–Kier alpha value is -1.78. The van der Waals surface area contributed by atoms with Crippen molar-refractivity contribution in [2.24, 2.45) is 5.73 Å². The zero-order valence-corrected chi connectivity index (χ0v) is 10.6. The molecule has 2 rings (SSSR count). The van der Waals surface area contributed by atoms with Gasteiger partial charge in [-0.2, -0.15) is 0 Å². The van der Waals surface area contributed by atoms with Gasteiger partial charge < -0.3 is 15.2 Å². The first-order valence-electron chi connectivity index (χ1n) is 5.40. The van der Waals surface area contributed by atoms with Crippen LogP contribution in [-0.2, 0) is 6.54 Å². The van der Waals surface area contributed by atoms with Gasteiger partial charge >= 0.3 is 0 Å². The Kier molecular flexibility index (Phi) is 4.02. The van der Waals surface area contributed by atoms with Gasteiger partial charge in [0.2, 0.25) is 5.88 Å². The third-order valence-electron chi connectivity index (χ3n) is 2.41. The van der Waals surface area contributed by atoms with Crippen molar-refractivity contribution in [2.75, 3.05) is 7.11 Å². The number of nitrogens with two attached hydrogens (primary N) is 1. The molecule has 1 heterocycles. The van der Waals surface area contributed by atoms with Crippen LogP contribution in [0.4, 0.5) is 0 Å². The fraction of sp³-hybridized carbons (Fsp3) is 0.154. The Balaban J connectivity index is 2.28. The lowest BCUT2D eigenvalue weighted by Gasteiger charge is -2.10. The predicted octanol–water partition coefficient (Wildman–Crippen LogP) is 2.99. The highest BCUT2D eigenvalue weighted by Gasteiger charge is 2.07. The van der Waals surface area contributed by atoms with E-state index in [1.54, 1.807) is 19.2 Å². The van der Waals surface area contributed by atoms with Crippen molar-refractivity contribution in [3.05, 3.63) is 47.1 Å². The van der Waals surface area contributed by atoms with Crippen molar-refractivity contribution < 1.29 is 9.47 Å². The molecule has 0 saturated heterocycles. The maximum atomic E-state index is 5.94. The number of hydrogen-bond acceptors (Lipinski definition) is 4. The van der Waals surface area contributed by atoms with E-state index in [0.717, 1.165) is 5.56 Å². The van der Waals surface area contributed by atoms with Crippen molar-refractivity contribution in [3.8, 4) is 17.4 Å². The van der Waals surface area contributed by atoms with Gasteiger partial charge in [0.05, 0.1) is 12.1 Å². The molecule has 18 heavy (non-hydrogen) atoms. The largest absolute Gasteiger partial charge is 0.493 e. The standard InChI is InChI=1S/C13H13ClN2O2/c1-17-11-4-2-3-5-12(11)18-13-6-9(7-15)10(14)8-16-13/h2-6,8H,7,15H2,1H3. The highest BCUT2D eigenvalue weighted by Crippen LogP contribution is 2.31. The first kappa shape index (κ1) is 12.7. The monoisotopic (exact) mass is 264 g/mol. The van der Waals surface area contributed by atoms with Gasteiger partial charge in [-0.3, -0.25) is 0 Å².